The summed E-state index contributed by atoms with van der Waals surface area (Å²) in [5, 5.41) is 2.83. The number of amides is 1. The second-order valence-corrected chi connectivity index (χ2v) is 6.62. The first-order valence-corrected chi connectivity index (χ1v) is 9.09. The third-order valence-corrected chi connectivity index (χ3v) is 5.11. The van der Waals surface area contributed by atoms with Crippen molar-refractivity contribution in [3.05, 3.63) is 47.8 Å². The van der Waals surface area contributed by atoms with Gasteiger partial charge in [0, 0.05) is 0 Å². The van der Waals surface area contributed by atoms with Gasteiger partial charge in [0.2, 0.25) is 0 Å². The van der Waals surface area contributed by atoms with Crippen molar-refractivity contribution in [1.29, 1.82) is 0 Å². The van der Waals surface area contributed by atoms with Crippen LogP contribution in [0, 0.1) is 0 Å². The molecule has 0 aliphatic heterocycles. The Morgan fingerprint density at radius 2 is 1.70 bits per heavy atom. The maximum absolute atomic E-state index is 12.9. The van der Waals surface area contributed by atoms with Crippen molar-refractivity contribution >= 4 is 13.7 Å². The number of carbonyl (C=O) groups is 1. The molecule has 1 amide bonds. The summed E-state index contributed by atoms with van der Waals surface area (Å²) in [6.45, 7) is 9.65. The minimum atomic E-state index is -3.57. The molecule has 0 aromatic heterocycles. The Morgan fingerprint density at radius 3 is 2.17 bits per heavy atom. The average molecular weight is 341 g/mol. The van der Waals surface area contributed by atoms with Gasteiger partial charge in [-0.15, -0.1) is 0 Å². The van der Waals surface area contributed by atoms with E-state index in [9.17, 15) is 9.36 Å². The highest BCUT2D eigenvalue weighted by Gasteiger charge is 2.35. The van der Waals surface area contributed by atoms with E-state index in [2.05, 4.69) is 11.9 Å². The van der Waals surface area contributed by atoms with E-state index in [0.717, 1.165) is 0 Å². The van der Waals surface area contributed by atoms with Crippen LogP contribution >= 0.6 is 7.60 Å². The molecule has 0 spiro atoms. The number of carbonyl (C=O) groups excluding carboxylic acids is 1. The van der Waals surface area contributed by atoms with Crippen LogP contribution in [-0.2, 0) is 18.3 Å². The summed E-state index contributed by atoms with van der Waals surface area (Å²) in [6.07, 6.45) is -0.623. The molecular formula is C16H24NO5P. The van der Waals surface area contributed by atoms with E-state index < -0.39 is 19.7 Å². The molecule has 1 aromatic carbocycles. The van der Waals surface area contributed by atoms with Gasteiger partial charge in [-0.3, -0.25) is 4.57 Å². The largest absolute Gasteiger partial charge is 0.450 e. The SMILES string of the molecule is C=C(C(NC(=O)OCC)c1ccccc1)P(=O)(OCC)OCC. The van der Waals surface area contributed by atoms with Crippen LogP contribution in [0.5, 0.6) is 0 Å². The van der Waals surface area contributed by atoms with Gasteiger partial charge in [-0.05, 0) is 26.3 Å². The van der Waals surface area contributed by atoms with E-state index in [-0.39, 0.29) is 25.1 Å². The van der Waals surface area contributed by atoms with Crippen LogP contribution in [0.1, 0.15) is 32.4 Å². The Hall–Kier alpha value is -1.62. The van der Waals surface area contributed by atoms with E-state index in [4.69, 9.17) is 13.8 Å². The van der Waals surface area contributed by atoms with E-state index in [0.29, 0.717) is 5.56 Å². The molecule has 0 saturated carbocycles. The van der Waals surface area contributed by atoms with E-state index in [1.165, 1.54) is 0 Å². The first-order valence-electron chi connectivity index (χ1n) is 7.55. The Kier molecular flexibility index (Phi) is 8.03. The van der Waals surface area contributed by atoms with Gasteiger partial charge in [0.15, 0.2) is 0 Å². The number of benzene rings is 1. The lowest BCUT2D eigenvalue weighted by Gasteiger charge is -2.26. The molecule has 1 unspecified atom stereocenters. The van der Waals surface area contributed by atoms with Crippen molar-refractivity contribution in [2.24, 2.45) is 0 Å². The summed E-state index contributed by atoms with van der Waals surface area (Å²) in [4.78, 5) is 11.8. The van der Waals surface area contributed by atoms with Gasteiger partial charge < -0.3 is 19.1 Å². The summed E-state index contributed by atoms with van der Waals surface area (Å²) in [6, 6.07) is 8.33. The summed E-state index contributed by atoms with van der Waals surface area (Å²) in [7, 11) is -3.57. The highest BCUT2D eigenvalue weighted by molar-refractivity contribution is 7.58. The summed E-state index contributed by atoms with van der Waals surface area (Å²) >= 11 is 0. The van der Waals surface area contributed by atoms with Gasteiger partial charge in [-0.1, -0.05) is 36.9 Å². The maximum Gasteiger partial charge on any atom is 0.407 e. The molecule has 0 aliphatic carbocycles. The molecule has 1 N–H and O–H groups in total. The zero-order valence-corrected chi connectivity index (χ0v) is 14.7. The van der Waals surface area contributed by atoms with Crippen LogP contribution in [0.2, 0.25) is 0 Å². The van der Waals surface area contributed by atoms with Crippen molar-refractivity contribution in [3.8, 4) is 0 Å². The smallest absolute Gasteiger partial charge is 0.407 e. The minimum absolute atomic E-state index is 0.167. The Morgan fingerprint density at radius 1 is 1.13 bits per heavy atom. The molecule has 0 heterocycles. The number of rotatable bonds is 9. The predicted octanol–water partition coefficient (Wildman–Crippen LogP) is 4.25. The van der Waals surface area contributed by atoms with Gasteiger partial charge in [-0.2, -0.15) is 0 Å². The molecule has 128 valence electrons. The van der Waals surface area contributed by atoms with E-state index in [1.807, 2.05) is 18.2 Å². The average Bonchev–Trinajstić information content (AvgIpc) is 2.53. The number of alkyl carbamates (subject to hydrolysis) is 1. The highest BCUT2D eigenvalue weighted by atomic mass is 31.2. The normalized spacial score (nSPS) is 12.5. The number of ether oxygens (including phenoxy) is 1. The van der Waals surface area contributed by atoms with Crippen LogP contribution in [0.3, 0.4) is 0 Å². The van der Waals surface area contributed by atoms with Crippen molar-refractivity contribution in [2.75, 3.05) is 19.8 Å². The highest BCUT2D eigenvalue weighted by Crippen LogP contribution is 2.59. The third-order valence-electron chi connectivity index (χ3n) is 2.95. The molecule has 7 heteroatoms. The fraction of sp³-hybridized carbons (Fsp3) is 0.438. The topological polar surface area (TPSA) is 73.9 Å². The molecule has 0 fully saturated rings. The number of hydrogen-bond acceptors (Lipinski definition) is 5. The molecule has 0 radical (unpaired) electrons. The lowest BCUT2D eigenvalue weighted by Crippen LogP contribution is -2.30. The second-order valence-electron chi connectivity index (χ2n) is 4.53. The zero-order valence-electron chi connectivity index (χ0n) is 13.8. The zero-order chi connectivity index (χ0) is 17.3. The summed E-state index contributed by atoms with van der Waals surface area (Å²) in [5.41, 5.74) is 0.713. The maximum atomic E-state index is 12.9. The van der Waals surface area contributed by atoms with Crippen LogP contribution in [0.25, 0.3) is 0 Å². The minimum Gasteiger partial charge on any atom is -0.450 e. The van der Waals surface area contributed by atoms with Gasteiger partial charge in [0.25, 0.3) is 0 Å². The molecule has 0 saturated heterocycles. The Balaban J connectivity index is 3.14. The second kappa shape index (κ2) is 9.50. The summed E-state index contributed by atoms with van der Waals surface area (Å²) in [5.74, 6) is 0. The summed E-state index contributed by atoms with van der Waals surface area (Å²) < 4.78 is 28.5. The molecule has 23 heavy (non-hydrogen) atoms. The van der Waals surface area contributed by atoms with Crippen molar-refractivity contribution in [1.82, 2.24) is 5.32 Å². The van der Waals surface area contributed by atoms with Crippen LogP contribution in [0.15, 0.2) is 42.2 Å². The standard InChI is InChI=1S/C16H24NO5P/c1-5-20-16(18)17-15(14-11-9-8-10-12-14)13(4)23(19,21-6-2)22-7-3/h8-12,15H,4-7H2,1-3H3,(H,17,18). The van der Waals surface area contributed by atoms with Crippen molar-refractivity contribution in [2.45, 2.75) is 26.8 Å². The van der Waals surface area contributed by atoms with Crippen LogP contribution < -0.4 is 5.32 Å². The Bertz CT molecular complexity index is 551. The Labute approximate surface area is 137 Å². The molecule has 1 aromatic rings. The molecule has 0 aliphatic rings. The fourth-order valence-electron chi connectivity index (χ4n) is 2.00. The lowest BCUT2D eigenvalue weighted by molar-refractivity contribution is 0.149. The quantitative estimate of drug-likeness (QED) is 0.680. The first kappa shape index (κ1) is 19.4. The van der Waals surface area contributed by atoms with E-state index >= 15 is 0 Å². The molecule has 6 nitrogen and oxygen atoms in total. The molecule has 0 bridgehead atoms. The third kappa shape index (κ3) is 5.50. The first-order chi connectivity index (χ1) is 11.0. The number of hydrogen-bond donors (Lipinski definition) is 1. The van der Waals surface area contributed by atoms with E-state index in [1.54, 1.807) is 32.9 Å². The van der Waals surface area contributed by atoms with Crippen LogP contribution in [-0.4, -0.2) is 25.9 Å². The fourth-order valence-corrected chi connectivity index (χ4v) is 3.61. The molecular weight excluding hydrogens is 317 g/mol. The monoisotopic (exact) mass is 341 g/mol. The lowest BCUT2D eigenvalue weighted by atomic mass is 10.1. The van der Waals surface area contributed by atoms with Gasteiger partial charge in [-0.25, -0.2) is 4.79 Å². The number of nitrogens with one attached hydrogen (secondary N) is 1. The predicted molar refractivity (Wildman–Crippen MR) is 89.3 cm³/mol. The van der Waals surface area contributed by atoms with Crippen LogP contribution in [0.4, 0.5) is 4.79 Å². The van der Waals surface area contributed by atoms with Gasteiger partial charge in [0.05, 0.1) is 31.2 Å². The van der Waals surface area contributed by atoms with Crippen molar-refractivity contribution < 1.29 is 23.1 Å². The van der Waals surface area contributed by atoms with Crippen molar-refractivity contribution in [3.63, 3.8) is 0 Å². The molecule has 1 atom stereocenters. The molecule has 1 rings (SSSR count). The van der Waals surface area contributed by atoms with Gasteiger partial charge in [0.1, 0.15) is 0 Å². The van der Waals surface area contributed by atoms with Gasteiger partial charge >= 0.3 is 13.7 Å².